The first-order valence-corrected chi connectivity index (χ1v) is 10.5. The van der Waals surface area contributed by atoms with Crippen LogP contribution in [-0.2, 0) is 11.8 Å². The zero-order valence-electron chi connectivity index (χ0n) is 19.3. The summed E-state index contributed by atoms with van der Waals surface area (Å²) in [6.45, 7) is 9.06. The predicted octanol–water partition coefficient (Wildman–Crippen LogP) is 5.01. The number of ether oxygens (including phenoxy) is 1. The van der Waals surface area contributed by atoms with Gasteiger partial charge in [-0.3, -0.25) is 9.48 Å². The van der Waals surface area contributed by atoms with Crippen molar-refractivity contribution in [2.75, 3.05) is 5.32 Å². The number of aliphatic carboxylic acids is 1. The van der Waals surface area contributed by atoms with Crippen LogP contribution in [0.1, 0.15) is 55.2 Å². The number of nitrogens with one attached hydrogen (secondary N) is 1. The third-order valence-corrected chi connectivity index (χ3v) is 5.30. The maximum Gasteiger partial charge on any atom is 0.347 e. The van der Waals surface area contributed by atoms with Gasteiger partial charge in [-0.05, 0) is 62.1 Å². The Bertz CT molecular complexity index is 1140. The summed E-state index contributed by atoms with van der Waals surface area (Å²) in [4.78, 5) is 24.2. The fraction of sp³-hybridized carbons (Fsp3) is 0.320. The molecule has 1 aromatic heterocycles. The second kappa shape index (κ2) is 8.86. The monoisotopic (exact) mass is 435 g/mol. The summed E-state index contributed by atoms with van der Waals surface area (Å²) in [6, 6.07) is 15.0. The van der Waals surface area contributed by atoms with Crippen LogP contribution >= 0.6 is 0 Å². The second-order valence-corrected chi connectivity index (χ2v) is 8.67. The summed E-state index contributed by atoms with van der Waals surface area (Å²) < 4.78 is 7.16. The molecule has 0 fully saturated rings. The van der Waals surface area contributed by atoms with E-state index in [1.807, 2.05) is 12.1 Å². The molecule has 0 radical (unpaired) electrons. The highest BCUT2D eigenvalue weighted by molar-refractivity contribution is 6.03. The maximum atomic E-state index is 12.9. The van der Waals surface area contributed by atoms with Crippen LogP contribution in [0.5, 0.6) is 5.75 Å². The van der Waals surface area contributed by atoms with Crippen molar-refractivity contribution in [2.24, 2.45) is 7.05 Å². The Morgan fingerprint density at radius 2 is 1.75 bits per heavy atom. The minimum Gasteiger partial charge on any atom is -0.478 e. The Morgan fingerprint density at radius 1 is 1.09 bits per heavy atom. The first-order valence-electron chi connectivity index (χ1n) is 10.5. The number of anilines is 1. The van der Waals surface area contributed by atoms with Gasteiger partial charge < -0.3 is 15.2 Å². The van der Waals surface area contributed by atoms with Gasteiger partial charge in [0.05, 0.1) is 5.69 Å². The molecule has 0 saturated heterocycles. The number of carboxylic acid groups (broad SMARTS) is 1. The number of aromatic nitrogens is 2. The van der Waals surface area contributed by atoms with Crippen molar-refractivity contribution in [2.45, 2.75) is 46.1 Å². The number of hydrogen-bond acceptors (Lipinski definition) is 4. The summed E-state index contributed by atoms with van der Waals surface area (Å²) in [6.07, 6.45) is 0. The van der Waals surface area contributed by atoms with Crippen molar-refractivity contribution < 1.29 is 19.4 Å². The lowest BCUT2D eigenvalue weighted by molar-refractivity contribution is -0.152. The fourth-order valence-corrected chi connectivity index (χ4v) is 3.21. The molecule has 1 amide bonds. The highest BCUT2D eigenvalue weighted by atomic mass is 16.5. The molecule has 1 heterocycles. The number of carbonyl (C=O) groups excluding carboxylic acids is 1. The zero-order valence-corrected chi connectivity index (χ0v) is 19.3. The first kappa shape index (κ1) is 23.1. The van der Waals surface area contributed by atoms with E-state index in [1.165, 1.54) is 19.4 Å². The van der Waals surface area contributed by atoms with Crippen LogP contribution in [0.3, 0.4) is 0 Å². The lowest BCUT2D eigenvalue weighted by atomic mass is 10.0. The number of hydrogen-bond donors (Lipinski definition) is 2. The lowest BCUT2D eigenvalue weighted by Crippen LogP contribution is -2.38. The topological polar surface area (TPSA) is 93.5 Å². The number of carbonyl (C=O) groups is 2. The zero-order chi connectivity index (χ0) is 23.6. The third-order valence-electron chi connectivity index (χ3n) is 5.30. The summed E-state index contributed by atoms with van der Waals surface area (Å²) in [5.74, 6) is -0.447. The Labute approximate surface area is 188 Å². The van der Waals surface area contributed by atoms with Crippen molar-refractivity contribution in [1.29, 1.82) is 0 Å². The van der Waals surface area contributed by atoms with Crippen molar-refractivity contribution in [3.63, 3.8) is 0 Å². The van der Waals surface area contributed by atoms with Gasteiger partial charge in [0.25, 0.3) is 5.91 Å². The van der Waals surface area contributed by atoms with E-state index in [4.69, 9.17) is 4.74 Å². The molecule has 0 aliphatic rings. The Morgan fingerprint density at radius 3 is 2.31 bits per heavy atom. The number of carboxylic acids is 1. The van der Waals surface area contributed by atoms with Crippen LogP contribution in [0.4, 0.5) is 5.69 Å². The van der Waals surface area contributed by atoms with Gasteiger partial charge >= 0.3 is 5.97 Å². The van der Waals surface area contributed by atoms with E-state index in [0.29, 0.717) is 28.6 Å². The normalized spacial score (nSPS) is 11.5. The van der Waals surface area contributed by atoms with Gasteiger partial charge in [-0.25, -0.2) is 4.79 Å². The fourth-order valence-electron chi connectivity index (χ4n) is 3.21. The second-order valence-electron chi connectivity index (χ2n) is 8.67. The summed E-state index contributed by atoms with van der Waals surface area (Å²) in [5, 5.41) is 16.6. The Balaban J connectivity index is 1.76. The van der Waals surface area contributed by atoms with E-state index in [9.17, 15) is 14.7 Å². The quantitative estimate of drug-likeness (QED) is 0.544. The molecule has 0 spiro atoms. The van der Waals surface area contributed by atoms with Gasteiger partial charge in [0.2, 0.25) is 0 Å². The largest absolute Gasteiger partial charge is 0.478 e. The third kappa shape index (κ3) is 4.99. The van der Waals surface area contributed by atoms with Crippen LogP contribution in [0.25, 0.3) is 11.3 Å². The van der Waals surface area contributed by atoms with E-state index in [0.717, 1.165) is 11.3 Å². The molecule has 0 saturated carbocycles. The Kier molecular flexibility index (Phi) is 6.39. The molecule has 32 heavy (non-hydrogen) atoms. The molecule has 3 aromatic rings. The van der Waals surface area contributed by atoms with Crippen LogP contribution in [0, 0.1) is 6.92 Å². The van der Waals surface area contributed by atoms with Crippen LogP contribution in [0.2, 0.25) is 0 Å². The molecule has 2 N–H and O–H groups in total. The summed E-state index contributed by atoms with van der Waals surface area (Å²) in [7, 11) is 1.73. The predicted molar refractivity (Wildman–Crippen MR) is 124 cm³/mol. The molecule has 0 atom stereocenters. The Hall–Kier alpha value is -3.61. The molecule has 7 heteroatoms. The van der Waals surface area contributed by atoms with E-state index in [2.05, 4.69) is 36.4 Å². The molecule has 7 nitrogen and oxygen atoms in total. The van der Waals surface area contributed by atoms with Crippen molar-refractivity contribution >= 4 is 17.6 Å². The molecule has 0 aliphatic heterocycles. The van der Waals surface area contributed by atoms with Gasteiger partial charge in [-0.2, -0.15) is 5.10 Å². The van der Waals surface area contributed by atoms with Crippen molar-refractivity contribution in [3.05, 3.63) is 65.4 Å². The van der Waals surface area contributed by atoms with Crippen molar-refractivity contribution in [1.82, 2.24) is 9.78 Å². The number of nitrogens with zero attached hydrogens (tertiary/aromatic N) is 2. The summed E-state index contributed by atoms with van der Waals surface area (Å²) >= 11 is 0. The van der Waals surface area contributed by atoms with E-state index in [1.54, 1.807) is 42.9 Å². The number of amides is 1. The minimum atomic E-state index is -1.35. The standard InChI is InChI=1S/C25H29N3O4/c1-15(2)17-7-9-18(10-8-17)20-14-21(28(6)27-20)23(29)26-19-11-12-22(16(3)13-19)32-25(4,5)24(30)31/h7-15H,1-6H3,(H,26,29)(H,30,31). The van der Waals surface area contributed by atoms with Crippen LogP contribution in [0.15, 0.2) is 48.5 Å². The highest BCUT2D eigenvalue weighted by Gasteiger charge is 2.30. The molecule has 0 unspecified atom stereocenters. The van der Waals surface area contributed by atoms with Crippen LogP contribution in [-0.4, -0.2) is 32.4 Å². The van der Waals surface area contributed by atoms with Gasteiger partial charge in [0, 0.05) is 18.3 Å². The molecule has 2 aromatic carbocycles. The maximum absolute atomic E-state index is 12.9. The highest BCUT2D eigenvalue weighted by Crippen LogP contribution is 2.27. The number of benzene rings is 2. The molecule has 168 valence electrons. The minimum absolute atomic E-state index is 0.288. The molecule has 0 bridgehead atoms. The lowest BCUT2D eigenvalue weighted by Gasteiger charge is -2.23. The van der Waals surface area contributed by atoms with E-state index in [-0.39, 0.29) is 5.91 Å². The number of rotatable bonds is 7. The SMILES string of the molecule is Cc1cc(NC(=O)c2cc(-c3ccc(C(C)C)cc3)nn2C)ccc1OC(C)(C)C(=O)O. The van der Waals surface area contributed by atoms with Gasteiger partial charge in [-0.1, -0.05) is 38.1 Å². The van der Waals surface area contributed by atoms with E-state index < -0.39 is 11.6 Å². The molecular weight excluding hydrogens is 406 g/mol. The van der Waals surface area contributed by atoms with Gasteiger partial charge in [0.15, 0.2) is 5.60 Å². The average Bonchev–Trinajstić information content (AvgIpc) is 3.11. The molecule has 3 rings (SSSR count). The first-order chi connectivity index (χ1) is 15.0. The average molecular weight is 436 g/mol. The van der Waals surface area contributed by atoms with Gasteiger partial charge in [0.1, 0.15) is 11.4 Å². The van der Waals surface area contributed by atoms with Crippen molar-refractivity contribution in [3.8, 4) is 17.0 Å². The van der Waals surface area contributed by atoms with Crippen LogP contribution < -0.4 is 10.1 Å². The summed E-state index contributed by atoms with van der Waals surface area (Å²) in [5.41, 5.74) is 3.29. The smallest absolute Gasteiger partial charge is 0.347 e. The molecule has 0 aliphatic carbocycles. The van der Waals surface area contributed by atoms with E-state index >= 15 is 0 Å². The van der Waals surface area contributed by atoms with Gasteiger partial charge in [-0.15, -0.1) is 0 Å². The molecular formula is C25H29N3O4. The number of aryl methyl sites for hydroxylation is 2.